The molecule has 1 fully saturated rings. The van der Waals surface area contributed by atoms with Crippen molar-refractivity contribution in [3.05, 3.63) is 0 Å². The molecule has 19 heavy (non-hydrogen) atoms. The van der Waals surface area contributed by atoms with Crippen LogP contribution >= 0.6 is 0 Å². The predicted molar refractivity (Wildman–Crippen MR) is 71.0 cm³/mol. The van der Waals surface area contributed by atoms with Crippen LogP contribution in [0.25, 0.3) is 0 Å². The van der Waals surface area contributed by atoms with Gasteiger partial charge in [0.2, 0.25) is 0 Å². The zero-order valence-corrected chi connectivity index (χ0v) is 11.9. The average molecular weight is 272 g/mol. The molecule has 1 heterocycles. The van der Waals surface area contributed by atoms with Gasteiger partial charge in [0, 0.05) is 18.8 Å². The topological polar surface area (TPSA) is 87.7 Å². The summed E-state index contributed by atoms with van der Waals surface area (Å²) in [6.45, 7) is 7.04. The summed E-state index contributed by atoms with van der Waals surface area (Å²) in [5, 5.41) is 14.5. The number of carboxylic acids is 1. The van der Waals surface area contributed by atoms with Gasteiger partial charge in [-0.2, -0.15) is 0 Å². The van der Waals surface area contributed by atoms with Gasteiger partial charge in [-0.05, 0) is 32.1 Å². The first kappa shape index (κ1) is 15.8. The van der Waals surface area contributed by atoms with E-state index in [1.807, 2.05) is 20.8 Å². The van der Waals surface area contributed by atoms with Gasteiger partial charge in [-0.25, -0.2) is 9.59 Å². The molecule has 0 radical (unpaired) electrons. The Morgan fingerprint density at radius 1 is 1.32 bits per heavy atom. The lowest BCUT2D eigenvalue weighted by Gasteiger charge is -2.34. The Morgan fingerprint density at radius 2 is 1.89 bits per heavy atom. The summed E-state index contributed by atoms with van der Waals surface area (Å²) in [7, 11) is 0. The predicted octanol–water partition coefficient (Wildman–Crippen LogP) is 1.35. The lowest BCUT2D eigenvalue weighted by molar-refractivity contribution is -0.139. The maximum absolute atomic E-state index is 11.9. The van der Waals surface area contributed by atoms with Crippen LogP contribution in [-0.4, -0.2) is 41.9 Å². The van der Waals surface area contributed by atoms with E-state index in [9.17, 15) is 9.59 Å². The number of rotatable bonds is 5. The molecule has 1 aliphatic rings. The molecular weight excluding hydrogens is 248 g/mol. The highest BCUT2D eigenvalue weighted by Gasteiger charge is 2.30. The van der Waals surface area contributed by atoms with E-state index in [0.29, 0.717) is 19.6 Å². The number of nitrogens with one attached hydrogen (secondary N) is 2. The Balaban J connectivity index is 2.50. The van der Waals surface area contributed by atoms with E-state index in [4.69, 9.17) is 9.84 Å². The summed E-state index contributed by atoms with van der Waals surface area (Å²) < 4.78 is 5.25. The highest BCUT2D eigenvalue weighted by Crippen LogP contribution is 2.19. The van der Waals surface area contributed by atoms with Crippen LogP contribution in [0, 0.1) is 5.92 Å². The molecule has 0 aromatic carbocycles. The monoisotopic (exact) mass is 272 g/mol. The molecule has 1 rings (SSSR count). The number of carboxylic acid groups (broad SMARTS) is 1. The maximum atomic E-state index is 11.9. The van der Waals surface area contributed by atoms with Crippen LogP contribution in [0.4, 0.5) is 4.79 Å². The van der Waals surface area contributed by atoms with Gasteiger partial charge in [0.05, 0.1) is 0 Å². The van der Waals surface area contributed by atoms with Crippen molar-refractivity contribution in [2.24, 2.45) is 5.92 Å². The van der Waals surface area contributed by atoms with Gasteiger partial charge >= 0.3 is 12.0 Å². The van der Waals surface area contributed by atoms with E-state index in [-0.39, 0.29) is 11.5 Å². The first-order valence-corrected chi connectivity index (χ1v) is 6.71. The highest BCUT2D eigenvalue weighted by atomic mass is 16.5. The van der Waals surface area contributed by atoms with E-state index in [2.05, 4.69) is 10.6 Å². The number of hydrogen-bond donors (Lipinski definition) is 3. The number of ether oxygens (including phenoxy) is 1. The molecule has 0 bridgehead atoms. The summed E-state index contributed by atoms with van der Waals surface area (Å²) in [4.78, 5) is 23.0. The minimum Gasteiger partial charge on any atom is -0.480 e. The van der Waals surface area contributed by atoms with Crippen LogP contribution in [-0.2, 0) is 9.53 Å². The van der Waals surface area contributed by atoms with E-state index >= 15 is 0 Å². The number of carbonyl (C=O) groups excluding carboxylic acids is 1. The molecular formula is C13H24N2O4. The standard InChI is InChI=1S/C13H24N2O4/c1-9(2)8-10(11(16)17)14-12(18)15-13(3)4-6-19-7-5-13/h9-10H,4-8H2,1-3H3,(H,16,17)(H2,14,15,18)/t10-/m0/s1. The lowest BCUT2D eigenvalue weighted by Crippen LogP contribution is -2.55. The second-order valence-corrected chi connectivity index (χ2v) is 5.79. The zero-order valence-electron chi connectivity index (χ0n) is 11.9. The quantitative estimate of drug-likeness (QED) is 0.705. The molecule has 6 nitrogen and oxygen atoms in total. The fourth-order valence-corrected chi connectivity index (χ4v) is 2.11. The van der Waals surface area contributed by atoms with Crippen molar-refractivity contribution in [1.82, 2.24) is 10.6 Å². The van der Waals surface area contributed by atoms with E-state index in [1.165, 1.54) is 0 Å². The van der Waals surface area contributed by atoms with Crippen molar-refractivity contribution < 1.29 is 19.4 Å². The molecule has 0 aromatic heterocycles. The zero-order chi connectivity index (χ0) is 14.5. The van der Waals surface area contributed by atoms with Gasteiger partial charge in [-0.3, -0.25) is 0 Å². The Hall–Kier alpha value is -1.30. The van der Waals surface area contributed by atoms with Crippen molar-refractivity contribution in [1.29, 1.82) is 0 Å². The van der Waals surface area contributed by atoms with Gasteiger partial charge in [0.15, 0.2) is 0 Å². The second kappa shape index (κ2) is 6.75. The molecule has 0 saturated carbocycles. The summed E-state index contributed by atoms with van der Waals surface area (Å²) >= 11 is 0. The molecule has 3 N–H and O–H groups in total. The third-order valence-corrected chi connectivity index (χ3v) is 3.32. The first-order chi connectivity index (χ1) is 8.82. The number of aliphatic carboxylic acids is 1. The lowest BCUT2D eigenvalue weighted by atomic mass is 9.93. The molecule has 1 saturated heterocycles. The molecule has 1 atom stereocenters. The van der Waals surface area contributed by atoms with Crippen LogP contribution < -0.4 is 10.6 Å². The Morgan fingerprint density at radius 3 is 2.37 bits per heavy atom. The molecule has 0 spiro atoms. The third-order valence-electron chi connectivity index (χ3n) is 3.32. The Bertz CT molecular complexity index is 325. The summed E-state index contributed by atoms with van der Waals surface area (Å²) in [5.41, 5.74) is -0.316. The van der Waals surface area contributed by atoms with Gasteiger partial charge in [-0.15, -0.1) is 0 Å². The molecule has 6 heteroatoms. The number of urea groups is 1. The van der Waals surface area contributed by atoms with Crippen molar-refractivity contribution in [2.75, 3.05) is 13.2 Å². The molecule has 0 unspecified atom stereocenters. The van der Waals surface area contributed by atoms with Crippen molar-refractivity contribution in [3.63, 3.8) is 0 Å². The Labute approximate surface area is 113 Å². The van der Waals surface area contributed by atoms with Gasteiger partial charge in [0.25, 0.3) is 0 Å². The molecule has 2 amide bonds. The fraction of sp³-hybridized carbons (Fsp3) is 0.846. The molecule has 0 aromatic rings. The van der Waals surface area contributed by atoms with Crippen LogP contribution in [0.15, 0.2) is 0 Å². The van der Waals surface area contributed by atoms with Crippen LogP contribution in [0.1, 0.15) is 40.0 Å². The van der Waals surface area contributed by atoms with E-state index < -0.39 is 18.0 Å². The van der Waals surface area contributed by atoms with Gasteiger partial charge < -0.3 is 20.5 Å². The number of amides is 2. The Kier molecular flexibility index (Phi) is 5.60. The maximum Gasteiger partial charge on any atom is 0.326 e. The normalized spacial score (nSPS) is 19.8. The van der Waals surface area contributed by atoms with Crippen molar-refractivity contribution in [2.45, 2.75) is 51.6 Å². The minimum absolute atomic E-state index is 0.208. The largest absolute Gasteiger partial charge is 0.480 e. The minimum atomic E-state index is -0.999. The summed E-state index contributed by atoms with van der Waals surface area (Å²) in [6, 6.07) is -1.26. The van der Waals surface area contributed by atoms with Crippen molar-refractivity contribution >= 4 is 12.0 Å². The van der Waals surface area contributed by atoms with Crippen LogP contribution in [0.5, 0.6) is 0 Å². The van der Waals surface area contributed by atoms with Gasteiger partial charge in [0.1, 0.15) is 6.04 Å². The fourth-order valence-electron chi connectivity index (χ4n) is 2.11. The first-order valence-electron chi connectivity index (χ1n) is 6.71. The van der Waals surface area contributed by atoms with Crippen LogP contribution in [0.2, 0.25) is 0 Å². The smallest absolute Gasteiger partial charge is 0.326 e. The summed E-state index contributed by atoms with van der Waals surface area (Å²) in [5.74, 6) is -0.791. The van der Waals surface area contributed by atoms with Crippen LogP contribution in [0.3, 0.4) is 0 Å². The third kappa shape index (κ3) is 5.46. The van der Waals surface area contributed by atoms with Crippen molar-refractivity contribution in [3.8, 4) is 0 Å². The average Bonchev–Trinajstić information content (AvgIpc) is 2.27. The number of carbonyl (C=O) groups is 2. The summed E-state index contributed by atoms with van der Waals surface area (Å²) in [6.07, 6.45) is 1.90. The molecule has 1 aliphatic heterocycles. The molecule has 110 valence electrons. The highest BCUT2D eigenvalue weighted by molar-refractivity contribution is 5.82. The van der Waals surface area contributed by atoms with Gasteiger partial charge in [-0.1, -0.05) is 13.8 Å². The van der Waals surface area contributed by atoms with E-state index in [1.54, 1.807) is 0 Å². The molecule has 0 aliphatic carbocycles. The second-order valence-electron chi connectivity index (χ2n) is 5.79. The SMILES string of the molecule is CC(C)C[C@H](NC(=O)NC1(C)CCOCC1)C(=O)O. The number of hydrogen-bond acceptors (Lipinski definition) is 3. The van der Waals surface area contributed by atoms with E-state index in [0.717, 1.165) is 12.8 Å².